The molecule has 0 bridgehead atoms. The number of nitrogens with zero attached hydrogens (tertiary/aromatic N) is 4. The van der Waals surface area contributed by atoms with Gasteiger partial charge in [0.25, 0.3) is 0 Å². The van der Waals surface area contributed by atoms with E-state index in [0.717, 1.165) is 0 Å². The summed E-state index contributed by atoms with van der Waals surface area (Å²) in [5.41, 5.74) is 0.410. The molecule has 2 N–H and O–H groups in total. The molecule has 1 aromatic rings. The Balaban J connectivity index is 0.0000106. The Kier molecular flexibility index (Phi) is 18.3. The second-order valence-corrected chi connectivity index (χ2v) is 10.4. The van der Waals surface area contributed by atoms with Crippen LogP contribution in [0.2, 0.25) is 0 Å². The average molecular weight is 809 g/mol. The Morgan fingerprint density at radius 2 is 1.24 bits per heavy atom. The van der Waals surface area contributed by atoms with Gasteiger partial charge in [0.1, 0.15) is 11.8 Å². The van der Waals surface area contributed by atoms with E-state index < -0.39 is 74.6 Å². The van der Waals surface area contributed by atoms with Gasteiger partial charge in [-0.2, -0.15) is 8.78 Å². The normalized spacial score (nSPS) is 18.0. The molecule has 46 heavy (non-hydrogen) atoms. The molecule has 259 valence electrons. The van der Waals surface area contributed by atoms with Crippen LogP contribution in [0.5, 0.6) is 5.75 Å². The third-order valence-corrected chi connectivity index (χ3v) is 7.23. The average Bonchev–Trinajstić information content (AvgIpc) is 2.95. The number of halogens is 4. The predicted molar refractivity (Wildman–Crippen MR) is 140 cm³/mol. The molecule has 14 nitrogen and oxygen atoms in total. The van der Waals surface area contributed by atoms with E-state index in [1.807, 2.05) is 0 Å². The van der Waals surface area contributed by atoms with E-state index in [1.54, 1.807) is 0 Å². The van der Waals surface area contributed by atoms with Gasteiger partial charge in [0.05, 0.1) is 30.6 Å². The minimum atomic E-state index is -4.37. The van der Waals surface area contributed by atoms with Crippen molar-refractivity contribution in [2.45, 2.75) is 30.9 Å². The van der Waals surface area contributed by atoms with Crippen LogP contribution < -0.4 is 20.1 Å². The number of aliphatic hydroxyl groups is 1. The van der Waals surface area contributed by atoms with Crippen molar-refractivity contribution >= 4 is 23.9 Å². The molecule has 1 heterocycles. The molecule has 1 aliphatic rings. The van der Waals surface area contributed by atoms with Gasteiger partial charge in [0, 0.05) is 65.4 Å². The van der Waals surface area contributed by atoms with Crippen molar-refractivity contribution in [1.29, 1.82) is 0 Å². The zero-order valence-electron chi connectivity index (χ0n) is 24.5. The molecular weight excluding hydrogens is 774 g/mol. The minimum absolute atomic E-state index is 0. The van der Waals surface area contributed by atoms with Crippen molar-refractivity contribution in [3.8, 4) is 5.75 Å². The summed E-state index contributed by atoms with van der Waals surface area (Å²) in [6.45, 7) is -3.82. The fourth-order valence-electron chi connectivity index (χ4n) is 4.73. The maximum absolute atomic E-state index is 13.2. The Morgan fingerprint density at radius 3 is 1.59 bits per heavy atom. The minimum Gasteiger partial charge on any atom is -0.549 e. The molecule has 1 aromatic carbocycles. The standard InChI is InChI=1S/C27H38F4N4O10.Gd/c28-26(29)27(30,31)17-45-19-3-1-18(2-4-19)13-20(24(41)42)34-9-5-32(14-22(37)38)7-11-35(21(16-36)25(43)44)12-8-33(6-10-34)15-23(39)40;/h1-4,20-21,26,36H,5-17H2,(H,37,38)(H,39,40)(H,41,42)(H,43,44);/q;+3/p-3/t20?,21-;/m0./s1. The van der Waals surface area contributed by atoms with Gasteiger partial charge in [-0.15, -0.1) is 0 Å². The Labute approximate surface area is 294 Å². The first-order valence-corrected chi connectivity index (χ1v) is 13.9. The Morgan fingerprint density at radius 1 is 0.804 bits per heavy atom. The fraction of sp³-hybridized carbons (Fsp3) is 0.630. The summed E-state index contributed by atoms with van der Waals surface area (Å²) in [4.78, 5) is 52.5. The summed E-state index contributed by atoms with van der Waals surface area (Å²) < 4.78 is 55.9. The fourth-order valence-corrected chi connectivity index (χ4v) is 4.73. The van der Waals surface area contributed by atoms with Crippen LogP contribution in [0.15, 0.2) is 24.3 Å². The summed E-state index contributed by atoms with van der Waals surface area (Å²) >= 11 is 0. The zero-order chi connectivity index (χ0) is 33.7. The first kappa shape index (κ1) is 41.8. The third kappa shape index (κ3) is 14.2. The number of aliphatic carboxylic acids is 4. The summed E-state index contributed by atoms with van der Waals surface area (Å²) in [6.07, 6.45) is -4.06. The summed E-state index contributed by atoms with van der Waals surface area (Å²) in [5.74, 6) is -10.3. The van der Waals surface area contributed by atoms with Crippen LogP contribution in [0.25, 0.3) is 0 Å². The van der Waals surface area contributed by atoms with Gasteiger partial charge >= 0.3 is 58.3 Å². The van der Waals surface area contributed by atoms with Crippen LogP contribution in [0.4, 0.5) is 17.6 Å². The quantitative estimate of drug-likeness (QED) is 0.162. The second kappa shape index (κ2) is 20.2. The van der Waals surface area contributed by atoms with E-state index in [0.29, 0.717) is 5.56 Å². The van der Waals surface area contributed by atoms with E-state index in [2.05, 4.69) is 0 Å². The van der Waals surface area contributed by atoms with Crippen LogP contribution >= 0.6 is 0 Å². The molecule has 2 atom stereocenters. The van der Waals surface area contributed by atoms with Crippen LogP contribution in [-0.4, -0.2) is 157 Å². The number of ether oxygens (including phenoxy) is 1. The molecule has 0 aliphatic carbocycles. The third-order valence-electron chi connectivity index (χ3n) is 7.23. The molecule has 0 saturated carbocycles. The summed E-state index contributed by atoms with van der Waals surface area (Å²) in [5, 5.41) is 54.1. The predicted octanol–water partition coefficient (Wildman–Crippen LogP) is -4.21. The largest absolute Gasteiger partial charge is 3.00 e. The van der Waals surface area contributed by atoms with Gasteiger partial charge in [0.2, 0.25) is 0 Å². The van der Waals surface area contributed by atoms with Gasteiger partial charge in [-0.1, -0.05) is 12.1 Å². The molecule has 1 fully saturated rings. The number of alkyl halides is 4. The van der Waals surface area contributed by atoms with Crippen molar-refractivity contribution in [2.75, 3.05) is 78.7 Å². The van der Waals surface area contributed by atoms with Gasteiger partial charge in [-0.25, -0.2) is 8.78 Å². The molecule has 2 rings (SSSR count). The Hall–Kier alpha value is -2.26. The first-order chi connectivity index (χ1) is 21.1. The van der Waals surface area contributed by atoms with Crippen LogP contribution in [0.1, 0.15) is 5.56 Å². The number of hydrogen-bond donors (Lipinski definition) is 2. The van der Waals surface area contributed by atoms with Crippen molar-refractivity contribution < 1.29 is 107 Å². The van der Waals surface area contributed by atoms with E-state index in [4.69, 9.17) is 4.74 Å². The van der Waals surface area contributed by atoms with E-state index in [-0.39, 0.29) is 104 Å². The molecule has 1 unspecified atom stereocenters. The SMILES string of the molecule is O=C([O-])CN1CCN(C(Cc2ccc(OCC(F)(F)C(F)F)cc2)C(=O)O)CCN(CC(=O)[O-])CCN([C@@H](CO)C(=O)[O-])CC1.[Gd+3]. The van der Waals surface area contributed by atoms with Crippen LogP contribution in [0.3, 0.4) is 0 Å². The molecule has 0 amide bonds. The number of carbonyl (C=O) groups is 4. The van der Waals surface area contributed by atoms with Crippen molar-refractivity contribution in [1.82, 2.24) is 19.6 Å². The number of hydrogen-bond acceptors (Lipinski definition) is 13. The van der Waals surface area contributed by atoms with Gasteiger partial charge in [-0.3, -0.25) is 24.4 Å². The second-order valence-electron chi connectivity index (χ2n) is 10.4. The summed E-state index contributed by atoms with van der Waals surface area (Å²) in [7, 11) is 0. The maximum atomic E-state index is 13.2. The zero-order valence-corrected chi connectivity index (χ0v) is 26.8. The van der Waals surface area contributed by atoms with Gasteiger partial charge < -0.3 is 44.7 Å². The number of carboxylic acids is 4. The maximum Gasteiger partial charge on any atom is 3.00 e. The first-order valence-electron chi connectivity index (χ1n) is 13.9. The molecule has 19 heteroatoms. The van der Waals surface area contributed by atoms with Crippen molar-refractivity contribution in [2.24, 2.45) is 0 Å². The van der Waals surface area contributed by atoms with Gasteiger partial charge in [-0.05, 0) is 24.1 Å². The van der Waals surface area contributed by atoms with Gasteiger partial charge in [0.15, 0.2) is 6.61 Å². The summed E-state index contributed by atoms with van der Waals surface area (Å²) in [6, 6.07) is 2.49. The number of carbonyl (C=O) groups excluding carboxylic acids is 3. The van der Waals surface area contributed by atoms with Crippen molar-refractivity contribution in [3.63, 3.8) is 0 Å². The van der Waals surface area contributed by atoms with Crippen LogP contribution in [-0.2, 0) is 25.6 Å². The van der Waals surface area contributed by atoms with E-state index in [1.165, 1.54) is 43.9 Å². The van der Waals surface area contributed by atoms with E-state index >= 15 is 0 Å². The smallest absolute Gasteiger partial charge is 0.549 e. The molecule has 0 aromatic heterocycles. The van der Waals surface area contributed by atoms with Crippen LogP contribution in [0, 0.1) is 39.9 Å². The molecule has 1 saturated heterocycles. The number of rotatable bonds is 15. The molecule has 1 aliphatic heterocycles. The number of carboxylic acid groups (broad SMARTS) is 4. The monoisotopic (exact) mass is 809 g/mol. The van der Waals surface area contributed by atoms with Crippen molar-refractivity contribution in [3.05, 3.63) is 29.8 Å². The topological polar surface area (TPSA) is 200 Å². The molecule has 0 spiro atoms. The number of benzene rings is 1. The Bertz CT molecular complexity index is 1110. The van der Waals surface area contributed by atoms with E-state index in [9.17, 15) is 62.3 Å². The molecular formula is C27H35F4GdN4O10. The molecule has 1 radical (unpaired) electrons. The number of aliphatic hydroxyl groups excluding tert-OH is 1.